The van der Waals surface area contributed by atoms with Gasteiger partial charge in [-0.05, 0) is 68.4 Å². The number of benzene rings is 1. The highest BCUT2D eigenvalue weighted by atomic mass is 19.1. The minimum absolute atomic E-state index is 0.161. The molecule has 0 atom stereocenters. The molecule has 0 aliphatic carbocycles. The van der Waals surface area contributed by atoms with Crippen LogP contribution in [0.15, 0.2) is 59.0 Å². The van der Waals surface area contributed by atoms with Crippen LogP contribution in [0.5, 0.6) is 0 Å². The third-order valence-corrected chi connectivity index (χ3v) is 4.83. The van der Waals surface area contributed by atoms with Gasteiger partial charge in [-0.25, -0.2) is 8.78 Å². The smallest absolute Gasteiger partial charge is 0.131 e. The standard InChI is InChI=1S/C25H35F2N/c1-6-9-13-19(5)22(18(4)11-7-2)16-24(27)21(12-8-3)25-20(17-28)14-10-15-23(25)26/h10-12,14-16H,6-9,13,17,28H2,1-5H3/b18-11+,21-12+,22-19-,24-16+. The summed E-state index contributed by atoms with van der Waals surface area (Å²) in [6, 6.07) is 4.72. The molecule has 1 nitrogen and oxygen atoms in total. The number of rotatable bonds is 10. The van der Waals surface area contributed by atoms with Crippen molar-refractivity contribution in [2.75, 3.05) is 0 Å². The van der Waals surface area contributed by atoms with Gasteiger partial charge < -0.3 is 5.73 Å². The topological polar surface area (TPSA) is 26.0 Å². The van der Waals surface area contributed by atoms with E-state index in [9.17, 15) is 4.39 Å². The molecular weight excluding hydrogens is 352 g/mol. The molecule has 0 aromatic heterocycles. The summed E-state index contributed by atoms with van der Waals surface area (Å²) in [6.45, 7) is 10.4. The van der Waals surface area contributed by atoms with Crippen molar-refractivity contribution in [1.29, 1.82) is 0 Å². The number of hydrogen-bond acceptors (Lipinski definition) is 1. The Morgan fingerprint density at radius 1 is 1.07 bits per heavy atom. The van der Waals surface area contributed by atoms with Crippen molar-refractivity contribution in [2.45, 2.75) is 73.3 Å². The second kappa shape index (κ2) is 12.5. The molecule has 0 aliphatic rings. The average molecular weight is 388 g/mol. The van der Waals surface area contributed by atoms with Crippen LogP contribution >= 0.6 is 0 Å². The second-order valence-corrected chi connectivity index (χ2v) is 7.09. The third kappa shape index (κ3) is 6.56. The second-order valence-electron chi connectivity index (χ2n) is 7.09. The van der Waals surface area contributed by atoms with Crippen molar-refractivity contribution >= 4 is 5.57 Å². The maximum atomic E-state index is 15.5. The lowest BCUT2D eigenvalue weighted by molar-refractivity contribution is 0.616. The first-order chi connectivity index (χ1) is 13.4. The highest BCUT2D eigenvalue weighted by Gasteiger charge is 2.17. The predicted molar refractivity (Wildman–Crippen MR) is 118 cm³/mol. The van der Waals surface area contributed by atoms with Crippen LogP contribution in [0.2, 0.25) is 0 Å². The van der Waals surface area contributed by atoms with Crippen LogP contribution in [0.3, 0.4) is 0 Å². The van der Waals surface area contributed by atoms with Gasteiger partial charge in [0.15, 0.2) is 0 Å². The number of hydrogen-bond donors (Lipinski definition) is 1. The lowest BCUT2D eigenvalue weighted by Crippen LogP contribution is -2.04. The maximum Gasteiger partial charge on any atom is 0.131 e. The third-order valence-electron chi connectivity index (χ3n) is 4.83. The van der Waals surface area contributed by atoms with E-state index < -0.39 is 11.6 Å². The van der Waals surface area contributed by atoms with E-state index in [1.54, 1.807) is 24.3 Å². The van der Waals surface area contributed by atoms with E-state index in [-0.39, 0.29) is 17.7 Å². The summed E-state index contributed by atoms with van der Waals surface area (Å²) < 4.78 is 30.1. The molecule has 0 aliphatic heterocycles. The molecule has 1 aromatic rings. The Bertz CT molecular complexity index is 767. The zero-order chi connectivity index (χ0) is 21.1. The van der Waals surface area contributed by atoms with Crippen LogP contribution in [-0.2, 0) is 6.54 Å². The van der Waals surface area contributed by atoms with Gasteiger partial charge >= 0.3 is 0 Å². The lowest BCUT2D eigenvalue weighted by atomic mass is 9.93. The molecule has 1 aromatic carbocycles. The molecule has 0 spiro atoms. The van der Waals surface area contributed by atoms with Gasteiger partial charge in [0, 0.05) is 17.7 Å². The van der Waals surface area contributed by atoms with Crippen molar-refractivity contribution in [2.24, 2.45) is 5.73 Å². The van der Waals surface area contributed by atoms with Crippen molar-refractivity contribution in [1.82, 2.24) is 0 Å². The molecule has 0 radical (unpaired) electrons. The van der Waals surface area contributed by atoms with Gasteiger partial charge in [-0.15, -0.1) is 0 Å². The molecule has 0 heterocycles. The van der Waals surface area contributed by atoms with Crippen LogP contribution in [0.4, 0.5) is 8.78 Å². The van der Waals surface area contributed by atoms with E-state index in [1.165, 1.54) is 6.07 Å². The first kappa shape index (κ1) is 24.0. The summed E-state index contributed by atoms with van der Waals surface area (Å²) in [5.74, 6) is -0.864. The zero-order valence-electron chi connectivity index (χ0n) is 18.0. The van der Waals surface area contributed by atoms with Gasteiger partial charge in [0.2, 0.25) is 0 Å². The maximum absolute atomic E-state index is 15.5. The molecule has 1 rings (SSSR count). The SMILES string of the molecule is CC\C=C(/C(F)=C\C(=C(/C)CCCC)C(\C)=C\CC)c1c(F)cccc1CN. The first-order valence-electron chi connectivity index (χ1n) is 10.3. The summed E-state index contributed by atoms with van der Waals surface area (Å²) in [5.41, 5.74) is 10.1. The monoisotopic (exact) mass is 387 g/mol. The largest absolute Gasteiger partial charge is 0.326 e. The van der Waals surface area contributed by atoms with Gasteiger partial charge in [0.25, 0.3) is 0 Å². The van der Waals surface area contributed by atoms with E-state index in [4.69, 9.17) is 5.73 Å². The Balaban J connectivity index is 3.57. The average Bonchev–Trinajstić information content (AvgIpc) is 2.68. The Morgan fingerprint density at radius 3 is 2.32 bits per heavy atom. The Labute approximate surface area is 169 Å². The zero-order valence-corrected chi connectivity index (χ0v) is 18.0. The molecule has 3 heteroatoms. The van der Waals surface area contributed by atoms with Crippen LogP contribution in [0, 0.1) is 5.82 Å². The summed E-state index contributed by atoms with van der Waals surface area (Å²) in [4.78, 5) is 0. The van der Waals surface area contributed by atoms with Crippen molar-refractivity contribution in [3.05, 3.63) is 75.9 Å². The molecule has 0 saturated carbocycles. The van der Waals surface area contributed by atoms with Crippen molar-refractivity contribution < 1.29 is 8.78 Å². The van der Waals surface area contributed by atoms with E-state index in [0.717, 1.165) is 42.4 Å². The number of allylic oxidation sites excluding steroid dienone is 8. The molecule has 154 valence electrons. The van der Waals surface area contributed by atoms with Gasteiger partial charge in [0.05, 0.1) is 0 Å². The molecular formula is C25H35F2N. The summed E-state index contributed by atoms with van der Waals surface area (Å²) in [6.07, 6.45) is 9.97. The van der Waals surface area contributed by atoms with Gasteiger partial charge in [-0.2, -0.15) is 0 Å². The fourth-order valence-corrected chi connectivity index (χ4v) is 3.33. The van der Waals surface area contributed by atoms with Crippen LogP contribution in [-0.4, -0.2) is 0 Å². The lowest BCUT2D eigenvalue weighted by Gasteiger charge is -2.14. The van der Waals surface area contributed by atoms with E-state index in [1.807, 2.05) is 13.8 Å². The number of halogens is 2. The molecule has 2 N–H and O–H groups in total. The number of unbranched alkanes of at least 4 members (excludes halogenated alkanes) is 1. The minimum atomic E-state index is -0.444. The predicted octanol–water partition coefficient (Wildman–Crippen LogP) is 7.79. The normalized spacial score (nSPS) is 14.4. The van der Waals surface area contributed by atoms with Gasteiger partial charge in [0.1, 0.15) is 11.6 Å². The minimum Gasteiger partial charge on any atom is -0.326 e. The number of nitrogens with two attached hydrogens (primary N) is 1. The molecule has 0 amide bonds. The fraction of sp³-hybridized carbons (Fsp3) is 0.440. The van der Waals surface area contributed by atoms with Crippen LogP contribution < -0.4 is 5.73 Å². The highest BCUT2D eigenvalue weighted by molar-refractivity contribution is 5.80. The Hall–Kier alpha value is -2.00. The summed E-state index contributed by atoms with van der Waals surface area (Å²) in [7, 11) is 0. The Morgan fingerprint density at radius 2 is 1.75 bits per heavy atom. The quantitative estimate of drug-likeness (QED) is 0.407. The summed E-state index contributed by atoms with van der Waals surface area (Å²) in [5, 5.41) is 0. The molecule has 0 fully saturated rings. The van der Waals surface area contributed by atoms with Gasteiger partial charge in [-0.1, -0.05) is 57.0 Å². The molecule has 0 unspecified atom stereocenters. The first-order valence-corrected chi connectivity index (χ1v) is 10.3. The summed E-state index contributed by atoms with van der Waals surface area (Å²) >= 11 is 0. The van der Waals surface area contributed by atoms with Crippen molar-refractivity contribution in [3.63, 3.8) is 0 Å². The molecule has 0 bridgehead atoms. The molecule has 28 heavy (non-hydrogen) atoms. The highest BCUT2D eigenvalue weighted by Crippen LogP contribution is 2.33. The van der Waals surface area contributed by atoms with Crippen LogP contribution in [0.1, 0.15) is 77.8 Å². The van der Waals surface area contributed by atoms with E-state index in [0.29, 0.717) is 12.0 Å². The van der Waals surface area contributed by atoms with Gasteiger partial charge in [-0.3, -0.25) is 0 Å². The fourth-order valence-electron chi connectivity index (χ4n) is 3.33. The van der Waals surface area contributed by atoms with E-state index in [2.05, 4.69) is 26.8 Å². The van der Waals surface area contributed by atoms with Crippen molar-refractivity contribution in [3.8, 4) is 0 Å². The molecule has 0 saturated heterocycles. The van der Waals surface area contributed by atoms with Crippen LogP contribution in [0.25, 0.3) is 5.57 Å². The van der Waals surface area contributed by atoms with E-state index >= 15 is 4.39 Å². The Kier molecular flexibility index (Phi) is 10.7.